The van der Waals surface area contributed by atoms with Crippen molar-refractivity contribution < 1.29 is 9.59 Å². The Balaban J connectivity index is 1.70. The molecule has 0 N–H and O–H groups in total. The summed E-state index contributed by atoms with van der Waals surface area (Å²) in [5, 5.41) is 0. The number of carbonyl (C=O) groups excluding carboxylic acids is 2. The van der Waals surface area contributed by atoms with Gasteiger partial charge in [-0.25, -0.2) is 0 Å². The summed E-state index contributed by atoms with van der Waals surface area (Å²) in [4.78, 5) is 28.6. The molecule has 0 atom stereocenters. The van der Waals surface area contributed by atoms with Crippen molar-refractivity contribution in [2.45, 2.75) is 33.2 Å². The van der Waals surface area contributed by atoms with E-state index in [1.807, 2.05) is 54.2 Å². The van der Waals surface area contributed by atoms with E-state index < -0.39 is 0 Å². The molecule has 0 spiro atoms. The Morgan fingerprint density at radius 1 is 1.04 bits per heavy atom. The fourth-order valence-electron chi connectivity index (χ4n) is 2.97. The van der Waals surface area contributed by atoms with Gasteiger partial charge in [-0.2, -0.15) is 0 Å². The second-order valence-electron chi connectivity index (χ2n) is 7.59. The first-order chi connectivity index (χ1) is 11.8. The number of amides is 2. The SMILES string of the molecule is Cc1ccc(N2CCN(C(=O)c3ccn(C(C)(C)C)c3)CC2=O)cc1. The highest BCUT2D eigenvalue weighted by Gasteiger charge is 2.29. The van der Waals surface area contributed by atoms with Crippen molar-refractivity contribution >= 4 is 17.5 Å². The molecule has 0 radical (unpaired) electrons. The number of hydrogen-bond acceptors (Lipinski definition) is 2. The van der Waals surface area contributed by atoms with Gasteiger partial charge in [-0.3, -0.25) is 9.59 Å². The molecule has 1 aromatic heterocycles. The van der Waals surface area contributed by atoms with E-state index in [0.29, 0.717) is 18.7 Å². The molecule has 0 saturated carbocycles. The lowest BCUT2D eigenvalue weighted by atomic mass is 10.1. The highest BCUT2D eigenvalue weighted by Crippen LogP contribution is 2.20. The molecule has 2 heterocycles. The van der Waals surface area contributed by atoms with Crippen molar-refractivity contribution in [3.8, 4) is 0 Å². The van der Waals surface area contributed by atoms with E-state index in [1.54, 1.807) is 9.80 Å². The van der Waals surface area contributed by atoms with Crippen molar-refractivity contribution in [2.24, 2.45) is 0 Å². The second-order valence-corrected chi connectivity index (χ2v) is 7.59. The van der Waals surface area contributed by atoms with E-state index >= 15 is 0 Å². The molecule has 2 amide bonds. The third kappa shape index (κ3) is 3.60. The second kappa shape index (κ2) is 6.39. The first-order valence-electron chi connectivity index (χ1n) is 8.60. The normalized spacial score (nSPS) is 15.6. The summed E-state index contributed by atoms with van der Waals surface area (Å²) in [5.74, 6) is -0.126. The smallest absolute Gasteiger partial charge is 0.255 e. The Morgan fingerprint density at radius 2 is 1.72 bits per heavy atom. The molecule has 0 bridgehead atoms. The summed E-state index contributed by atoms with van der Waals surface area (Å²) in [6, 6.07) is 9.72. The molecule has 1 aliphatic heterocycles. The van der Waals surface area contributed by atoms with Crippen molar-refractivity contribution in [3.63, 3.8) is 0 Å². The van der Waals surface area contributed by atoms with Gasteiger partial charge in [-0.1, -0.05) is 17.7 Å². The van der Waals surface area contributed by atoms with Crippen LogP contribution in [0.25, 0.3) is 0 Å². The molecule has 5 nitrogen and oxygen atoms in total. The van der Waals surface area contributed by atoms with Gasteiger partial charge in [0.1, 0.15) is 6.54 Å². The van der Waals surface area contributed by atoms with Crippen LogP contribution in [0.1, 0.15) is 36.7 Å². The summed E-state index contributed by atoms with van der Waals surface area (Å²) in [6.45, 7) is 9.47. The number of hydrogen-bond donors (Lipinski definition) is 0. The molecule has 1 fully saturated rings. The zero-order valence-electron chi connectivity index (χ0n) is 15.3. The van der Waals surface area contributed by atoms with Gasteiger partial charge >= 0.3 is 0 Å². The van der Waals surface area contributed by atoms with Gasteiger partial charge in [0.05, 0.1) is 5.56 Å². The standard InChI is InChI=1S/C20H25N3O2/c1-15-5-7-17(8-6-15)23-12-11-21(14-18(23)24)19(25)16-9-10-22(13-16)20(2,3)4/h5-10,13H,11-12,14H2,1-4H3. The number of carbonyl (C=O) groups is 2. The maximum absolute atomic E-state index is 12.7. The molecule has 5 heteroatoms. The van der Waals surface area contributed by atoms with Gasteiger partial charge in [0.25, 0.3) is 5.91 Å². The van der Waals surface area contributed by atoms with Gasteiger partial charge in [-0.05, 0) is 45.9 Å². The molecule has 132 valence electrons. The van der Waals surface area contributed by atoms with Crippen LogP contribution in [0.15, 0.2) is 42.7 Å². The summed E-state index contributed by atoms with van der Waals surface area (Å²) < 4.78 is 2.02. The lowest BCUT2D eigenvalue weighted by Crippen LogP contribution is -2.52. The van der Waals surface area contributed by atoms with E-state index in [4.69, 9.17) is 0 Å². The van der Waals surface area contributed by atoms with Crippen molar-refractivity contribution in [1.82, 2.24) is 9.47 Å². The summed E-state index contributed by atoms with van der Waals surface area (Å²) in [7, 11) is 0. The molecule has 1 aromatic carbocycles. The average Bonchev–Trinajstić information content (AvgIpc) is 3.05. The van der Waals surface area contributed by atoms with Gasteiger partial charge < -0.3 is 14.4 Å². The molecular weight excluding hydrogens is 314 g/mol. The van der Waals surface area contributed by atoms with E-state index in [2.05, 4.69) is 20.8 Å². The Labute approximate surface area is 148 Å². The van der Waals surface area contributed by atoms with Crippen molar-refractivity contribution in [2.75, 3.05) is 24.5 Å². The lowest BCUT2D eigenvalue weighted by molar-refractivity contribution is -0.120. The Morgan fingerprint density at radius 3 is 2.28 bits per heavy atom. The van der Waals surface area contributed by atoms with Gasteiger partial charge in [-0.15, -0.1) is 0 Å². The fourth-order valence-corrected chi connectivity index (χ4v) is 2.97. The number of benzene rings is 1. The Hall–Kier alpha value is -2.56. The summed E-state index contributed by atoms with van der Waals surface area (Å²) >= 11 is 0. The number of anilines is 1. The lowest BCUT2D eigenvalue weighted by Gasteiger charge is -2.34. The maximum atomic E-state index is 12.7. The van der Waals surface area contributed by atoms with Gasteiger partial charge in [0, 0.05) is 36.7 Å². The van der Waals surface area contributed by atoms with E-state index in [1.165, 1.54) is 0 Å². The molecule has 2 aromatic rings. The largest absolute Gasteiger partial charge is 0.348 e. The van der Waals surface area contributed by atoms with Crippen molar-refractivity contribution in [1.29, 1.82) is 0 Å². The quantitative estimate of drug-likeness (QED) is 0.844. The first kappa shape index (κ1) is 17.3. The predicted octanol–water partition coefficient (Wildman–Crippen LogP) is 3.04. The van der Waals surface area contributed by atoms with Gasteiger partial charge in [0.15, 0.2) is 0 Å². The van der Waals surface area contributed by atoms with Crippen LogP contribution < -0.4 is 4.90 Å². The average molecular weight is 339 g/mol. The molecule has 1 aliphatic rings. The molecule has 3 rings (SSSR count). The molecule has 25 heavy (non-hydrogen) atoms. The summed E-state index contributed by atoms with van der Waals surface area (Å²) in [5.41, 5.74) is 2.61. The van der Waals surface area contributed by atoms with Crippen molar-refractivity contribution in [3.05, 3.63) is 53.9 Å². The van der Waals surface area contributed by atoms with Crippen LogP contribution in [-0.4, -0.2) is 40.9 Å². The Bertz CT molecular complexity index is 784. The number of aryl methyl sites for hydroxylation is 1. The zero-order valence-corrected chi connectivity index (χ0v) is 15.3. The monoisotopic (exact) mass is 339 g/mol. The third-order valence-electron chi connectivity index (χ3n) is 4.57. The van der Waals surface area contributed by atoms with Crippen LogP contribution in [-0.2, 0) is 10.3 Å². The minimum Gasteiger partial charge on any atom is -0.348 e. The molecule has 0 aliphatic carbocycles. The highest BCUT2D eigenvalue weighted by molar-refractivity contribution is 6.01. The maximum Gasteiger partial charge on any atom is 0.255 e. The number of aromatic nitrogens is 1. The first-order valence-corrected chi connectivity index (χ1v) is 8.60. The third-order valence-corrected chi connectivity index (χ3v) is 4.57. The highest BCUT2D eigenvalue weighted by atomic mass is 16.2. The van der Waals surface area contributed by atoms with Crippen LogP contribution in [0, 0.1) is 6.92 Å². The zero-order chi connectivity index (χ0) is 18.2. The summed E-state index contributed by atoms with van der Waals surface area (Å²) in [6.07, 6.45) is 3.77. The van der Waals surface area contributed by atoms with Crippen LogP contribution in [0.4, 0.5) is 5.69 Å². The molecular formula is C20H25N3O2. The number of rotatable bonds is 2. The van der Waals surface area contributed by atoms with Gasteiger partial charge in [0.2, 0.25) is 5.91 Å². The minimum absolute atomic E-state index is 0.0429. The van der Waals surface area contributed by atoms with Crippen LogP contribution in [0.3, 0.4) is 0 Å². The van der Waals surface area contributed by atoms with Crippen LogP contribution in [0.2, 0.25) is 0 Å². The molecule has 1 saturated heterocycles. The number of piperazine rings is 1. The number of nitrogens with zero attached hydrogens (tertiary/aromatic N) is 3. The minimum atomic E-state index is -0.0834. The van der Waals surface area contributed by atoms with Crippen LogP contribution >= 0.6 is 0 Å². The fraction of sp³-hybridized carbons (Fsp3) is 0.400. The molecule has 0 unspecified atom stereocenters. The van der Waals surface area contributed by atoms with E-state index in [-0.39, 0.29) is 23.9 Å². The Kier molecular flexibility index (Phi) is 4.41. The topological polar surface area (TPSA) is 45.5 Å². The van der Waals surface area contributed by atoms with Crippen LogP contribution in [0.5, 0.6) is 0 Å². The predicted molar refractivity (Wildman–Crippen MR) is 98.9 cm³/mol. The van der Waals surface area contributed by atoms with E-state index in [0.717, 1.165) is 11.3 Å². The van der Waals surface area contributed by atoms with E-state index in [9.17, 15) is 9.59 Å².